The first-order chi connectivity index (χ1) is 7.43. The Hall–Kier alpha value is -1.84. The molecule has 0 heterocycles. The highest BCUT2D eigenvalue weighted by Crippen LogP contribution is 2.30. The van der Waals surface area contributed by atoms with Crippen LogP contribution in [0.25, 0.3) is 0 Å². The van der Waals surface area contributed by atoms with Gasteiger partial charge >= 0.3 is 0 Å². The van der Waals surface area contributed by atoms with E-state index in [9.17, 15) is 10.1 Å². The molecule has 4 heteroatoms. The number of hydrogen-bond donors (Lipinski definition) is 0. The van der Waals surface area contributed by atoms with Crippen LogP contribution in [0.5, 0.6) is 0 Å². The van der Waals surface area contributed by atoms with Crippen molar-refractivity contribution < 1.29 is 4.92 Å². The van der Waals surface area contributed by atoms with Crippen molar-refractivity contribution in [1.82, 2.24) is 0 Å². The molecule has 0 aliphatic heterocycles. The van der Waals surface area contributed by atoms with E-state index in [1.165, 1.54) is 6.07 Å². The first-order valence-corrected chi connectivity index (χ1v) is 5.03. The van der Waals surface area contributed by atoms with E-state index >= 15 is 0 Å². The van der Waals surface area contributed by atoms with Crippen molar-refractivity contribution in [2.24, 2.45) is 0 Å². The number of likely N-dealkylation sites (N-methyl/N-ethyl adjacent to an activating group) is 1. The lowest BCUT2D eigenvalue weighted by molar-refractivity contribution is -0.384. The summed E-state index contributed by atoms with van der Waals surface area (Å²) in [7, 11) is 1.84. The van der Waals surface area contributed by atoms with Crippen LogP contribution in [-0.4, -0.2) is 18.5 Å². The lowest BCUT2D eigenvalue weighted by atomic mass is 10.1. The van der Waals surface area contributed by atoms with Crippen LogP contribution in [0, 0.1) is 17.0 Å². The van der Waals surface area contributed by atoms with Gasteiger partial charge in [0, 0.05) is 19.7 Å². The van der Waals surface area contributed by atoms with Crippen molar-refractivity contribution in [3.63, 3.8) is 0 Å². The highest BCUT2D eigenvalue weighted by molar-refractivity contribution is 5.67. The second-order valence-electron chi connectivity index (χ2n) is 4.01. The third kappa shape index (κ3) is 2.59. The fourth-order valence-corrected chi connectivity index (χ4v) is 1.77. The van der Waals surface area contributed by atoms with Crippen molar-refractivity contribution in [3.05, 3.63) is 46.0 Å². The van der Waals surface area contributed by atoms with E-state index in [2.05, 4.69) is 6.58 Å². The van der Waals surface area contributed by atoms with Gasteiger partial charge in [-0.15, -0.1) is 0 Å². The third-order valence-corrected chi connectivity index (χ3v) is 2.30. The van der Waals surface area contributed by atoms with Crippen LogP contribution in [0.2, 0.25) is 0 Å². The Morgan fingerprint density at radius 2 is 2.19 bits per heavy atom. The summed E-state index contributed by atoms with van der Waals surface area (Å²) in [5, 5.41) is 10.9. The van der Waals surface area contributed by atoms with Crippen LogP contribution >= 0.6 is 0 Å². The molecule has 1 aromatic rings. The zero-order chi connectivity index (χ0) is 12.3. The molecule has 0 aliphatic rings. The van der Waals surface area contributed by atoms with Gasteiger partial charge in [0.1, 0.15) is 5.69 Å². The van der Waals surface area contributed by atoms with Gasteiger partial charge in [-0.1, -0.05) is 24.3 Å². The van der Waals surface area contributed by atoms with E-state index in [0.717, 1.165) is 11.1 Å². The average Bonchev–Trinajstić information content (AvgIpc) is 2.15. The van der Waals surface area contributed by atoms with Crippen molar-refractivity contribution >= 4 is 11.4 Å². The molecule has 16 heavy (non-hydrogen) atoms. The predicted octanol–water partition coefficient (Wildman–Crippen LogP) is 2.92. The molecule has 0 saturated carbocycles. The number of nitro benzene ring substituents is 1. The SMILES string of the molecule is C=C(C)CN(C)c1c(C)cccc1[N+](=O)[O-]. The number of nitro groups is 1. The summed E-state index contributed by atoms with van der Waals surface area (Å²) in [5.74, 6) is 0. The fraction of sp³-hybridized carbons (Fsp3) is 0.333. The van der Waals surface area contributed by atoms with Gasteiger partial charge < -0.3 is 4.90 Å². The van der Waals surface area contributed by atoms with Crippen molar-refractivity contribution in [1.29, 1.82) is 0 Å². The molecule has 0 amide bonds. The molecular formula is C12H16N2O2. The zero-order valence-electron chi connectivity index (χ0n) is 9.86. The number of hydrogen-bond acceptors (Lipinski definition) is 3. The van der Waals surface area contributed by atoms with Gasteiger partial charge in [-0.2, -0.15) is 0 Å². The van der Waals surface area contributed by atoms with Gasteiger partial charge in [0.25, 0.3) is 5.69 Å². The van der Waals surface area contributed by atoms with Crippen LogP contribution < -0.4 is 4.90 Å². The molecule has 86 valence electrons. The van der Waals surface area contributed by atoms with Crippen LogP contribution in [0.4, 0.5) is 11.4 Å². The largest absolute Gasteiger partial charge is 0.365 e. The second kappa shape index (κ2) is 4.79. The number of para-hydroxylation sites is 1. The van der Waals surface area contributed by atoms with Crippen molar-refractivity contribution in [3.8, 4) is 0 Å². The Morgan fingerprint density at radius 1 is 1.56 bits per heavy atom. The highest BCUT2D eigenvalue weighted by atomic mass is 16.6. The minimum atomic E-state index is -0.350. The minimum absolute atomic E-state index is 0.142. The molecule has 0 spiro atoms. The molecule has 0 unspecified atom stereocenters. The van der Waals surface area contributed by atoms with E-state index in [-0.39, 0.29) is 10.6 Å². The molecule has 0 atom stereocenters. The number of aryl methyl sites for hydroxylation is 1. The molecule has 4 nitrogen and oxygen atoms in total. The maximum atomic E-state index is 10.9. The molecule has 0 saturated heterocycles. The molecule has 0 N–H and O–H groups in total. The lowest BCUT2D eigenvalue weighted by Crippen LogP contribution is -2.21. The van der Waals surface area contributed by atoms with Gasteiger partial charge in [0.05, 0.1) is 4.92 Å². The van der Waals surface area contributed by atoms with Gasteiger partial charge in [0.2, 0.25) is 0 Å². The zero-order valence-corrected chi connectivity index (χ0v) is 9.86. The third-order valence-electron chi connectivity index (χ3n) is 2.30. The van der Waals surface area contributed by atoms with Crippen LogP contribution in [0.15, 0.2) is 30.4 Å². The number of rotatable bonds is 4. The Labute approximate surface area is 95.3 Å². The predicted molar refractivity (Wildman–Crippen MR) is 65.9 cm³/mol. The van der Waals surface area contributed by atoms with Crippen molar-refractivity contribution in [2.45, 2.75) is 13.8 Å². The van der Waals surface area contributed by atoms with E-state index in [1.807, 2.05) is 31.9 Å². The smallest absolute Gasteiger partial charge is 0.292 e. The van der Waals surface area contributed by atoms with E-state index in [4.69, 9.17) is 0 Å². The number of benzene rings is 1. The van der Waals surface area contributed by atoms with E-state index < -0.39 is 0 Å². The van der Waals surface area contributed by atoms with Crippen LogP contribution in [0.1, 0.15) is 12.5 Å². The van der Waals surface area contributed by atoms with Crippen LogP contribution in [-0.2, 0) is 0 Å². The van der Waals surface area contributed by atoms with Crippen LogP contribution in [0.3, 0.4) is 0 Å². The topological polar surface area (TPSA) is 46.4 Å². The maximum Gasteiger partial charge on any atom is 0.292 e. The normalized spacial score (nSPS) is 9.94. The molecule has 1 aromatic carbocycles. The Balaban J connectivity index is 3.19. The number of nitrogens with zero attached hydrogens (tertiary/aromatic N) is 2. The summed E-state index contributed by atoms with van der Waals surface area (Å²) < 4.78 is 0. The molecule has 0 aliphatic carbocycles. The summed E-state index contributed by atoms with van der Waals surface area (Å²) in [4.78, 5) is 12.4. The molecular weight excluding hydrogens is 204 g/mol. The lowest BCUT2D eigenvalue weighted by Gasteiger charge is -2.21. The highest BCUT2D eigenvalue weighted by Gasteiger charge is 2.18. The minimum Gasteiger partial charge on any atom is -0.365 e. The average molecular weight is 220 g/mol. The van der Waals surface area contributed by atoms with Gasteiger partial charge in [0.15, 0.2) is 0 Å². The Bertz CT molecular complexity index is 427. The van der Waals surface area contributed by atoms with E-state index in [1.54, 1.807) is 6.07 Å². The summed E-state index contributed by atoms with van der Waals surface area (Å²) >= 11 is 0. The van der Waals surface area contributed by atoms with Gasteiger partial charge in [-0.25, -0.2) is 0 Å². The number of anilines is 1. The van der Waals surface area contributed by atoms with E-state index in [0.29, 0.717) is 12.2 Å². The molecule has 1 rings (SSSR count). The summed E-state index contributed by atoms with van der Waals surface area (Å²) in [6, 6.07) is 5.10. The monoisotopic (exact) mass is 220 g/mol. The summed E-state index contributed by atoms with van der Waals surface area (Å²) in [5.41, 5.74) is 2.68. The second-order valence-corrected chi connectivity index (χ2v) is 4.01. The summed E-state index contributed by atoms with van der Waals surface area (Å²) in [6.45, 7) is 8.21. The quantitative estimate of drug-likeness (QED) is 0.445. The molecule has 0 radical (unpaired) electrons. The first kappa shape index (κ1) is 12.2. The molecule has 0 aromatic heterocycles. The summed E-state index contributed by atoms with van der Waals surface area (Å²) in [6.07, 6.45) is 0. The van der Waals surface area contributed by atoms with Gasteiger partial charge in [-0.05, 0) is 19.4 Å². The fourth-order valence-electron chi connectivity index (χ4n) is 1.77. The molecule has 0 bridgehead atoms. The molecule has 0 fully saturated rings. The Kier molecular flexibility index (Phi) is 3.66. The Morgan fingerprint density at radius 3 is 2.69 bits per heavy atom. The van der Waals surface area contributed by atoms with Gasteiger partial charge in [-0.3, -0.25) is 10.1 Å². The standard InChI is InChI=1S/C12H16N2O2/c1-9(2)8-13(4)12-10(3)6-5-7-11(12)14(15)16/h5-7H,1,8H2,2-4H3. The van der Waals surface area contributed by atoms with Crippen molar-refractivity contribution in [2.75, 3.05) is 18.5 Å². The first-order valence-electron chi connectivity index (χ1n) is 5.03. The maximum absolute atomic E-state index is 10.9.